The highest BCUT2D eigenvalue weighted by Gasteiger charge is 2.71. The number of benzene rings is 3. The number of likely N-dealkylation sites (tertiary alicyclic amines) is 1. The number of hydrogen-bond acceptors (Lipinski definition) is 9. The molecule has 51 heavy (non-hydrogen) atoms. The number of ether oxygens (including phenoxy) is 2. The van der Waals surface area contributed by atoms with Gasteiger partial charge in [0, 0.05) is 36.6 Å². The van der Waals surface area contributed by atoms with Gasteiger partial charge in [0.1, 0.15) is 17.2 Å². The van der Waals surface area contributed by atoms with Gasteiger partial charge >= 0.3 is 5.97 Å². The van der Waals surface area contributed by atoms with Crippen LogP contribution in [0.2, 0.25) is 0 Å². The molecule has 1 saturated carbocycles. The summed E-state index contributed by atoms with van der Waals surface area (Å²) in [5, 5.41) is 21.0. The molecule has 0 bridgehead atoms. The first-order chi connectivity index (χ1) is 24.5. The van der Waals surface area contributed by atoms with Crippen LogP contribution < -0.4 is 14.9 Å². The SMILES string of the molecule is COc1cc(O)cc(OC)c1[C@H]1C2=CC[C@@H]3C(=O)N(CCCC(=O)O)C(=O)[C@@H]3[C@@H]2C[C@H]2C(=O)N(Nc3ccc(C)cc3)C(=O)[C@@]12c1ccccc1. The summed E-state index contributed by atoms with van der Waals surface area (Å²) in [5.41, 5.74) is 4.75. The van der Waals surface area contributed by atoms with Crippen molar-refractivity contribution in [1.29, 1.82) is 0 Å². The number of amides is 4. The quantitative estimate of drug-likeness (QED) is 0.203. The molecule has 0 unspecified atom stereocenters. The zero-order chi connectivity index (χ0) is 36.2. The lowest BCUT2D eigenvalue weighted by atomic mass is 9.49. The second kappa shape index (κ2) is 12.9. The Hall–Kier alpha value is -5.65. The number of anilines is 1. The van der Waals surface area contributed by atoms with Crippen LogP contribution in [0.5, 0.6) is 17.2 Å². The van der Waals surface area contributed by atoms with Crippen molar-refractivity contribution in [3.05, 3.63) is 95.1 Å². The second-order valence-electron chi connectivity index (χ2n) is 13.7. The Bertz CT molecular complexity index is 1930. The van der Waals surface area contributed by atoms with E-state index in [2.05, 4.69) is 5.43 Å². The third kappa shape index (κ3) is 5.23. The number of imide groups is 2. The minimum Gasteiger partial charge on any atom is -0.508 e. The predicted molar refractivity (Wildman–Crippen MR) is 184 cm³/mol. The van der Waals surface area contributed by atoms with Crippen molar-refractivity contribution in [2.24, 2.45) is 23.7 Å². The maximum Gasteiger partial charge on any atom is 0.303 e. The lowest BCUT2D eigenvalue weighted by molar-refractivity contribution is -0.142. The van der Waals surface area contributed by atoms with Gasteiger partial charge in [0.2, 0.25) is 11.8 Å². The minimum absolute atomic E-state index is 0.0227. The molecule has 6 atom stereocenters. The van der Waals surface area contributed by atoms with E-state index in [-0.39, 0.29) is 55.4 Å². The number of aliphatic carboxylic acids is 1. The number of carbonyl (C=O) groups excluding carboxylic acids is 4. The summed E-state index contributed by atoms with van der Waals surface area (Å²) in [6, 6.07) is 19.2. The molecule has 4 amide bonds. The molecular weight excluding hydrogens is 654 g/mol. The molecule has 2 aliphatic heterocycles. The number of nitrogens with zero attached hydrogens (tertiary/aromatic N) is 2. The van der Waals surface area contributed by atoms with Crippen molar-refractivity contribution >= 4 is 35.3 Å². The molecule has 2 heterocycles. The fourth-order valence-corrected chi connectivity index (χ4v) is 8.94. The average molecular weight is 694 g/mol. The first kappa shape index (κ1) is 33.8. The third-order valence-electron chi connectivity index (χ3n) is 11.1. The number of hydrogen-bond donors (Lipinski definition) is 3. The van der Waals surface area contributed by atoms with E-state index < -0.39 is 58.7 Å². The van der Waals surface area contributed by atoms with Crippen LogP contribution in [0.25, 0.3) is 0 Å². The fourth-order valence-electron chi connectivity index (χ4n) is 8.94. The topological polar surface area (TPSA) is 163 Å². The van der Waals surface area contributed by atoms with Gasteiger partial charge in [-0.2, -0.15) is 5.01 Å². The maximum atomic E-state index is 15.3. The normalized spacial score (nSPS) is 26.7. The Morgan fingerprint density at radius 2 is 1.59 bits per heavy atom. The summed E-state index contributed by atoms with van der Waals surface area (Å²) in [4.78, 5) is 70.5. The van der Waals surface area contributed by atoms with Crippen LogP contribution >= 0.6 is 0 Å². The minimum atomic E-state index is -1.56. The van der Waals surface area contributed by atoms with E-state index in [1.54, 1.807) is 12.1 Å². The van der Waals surface area contributed by atoms with Gasteiger partial charge in [-0.15, -0.1) is 0 Å². The summed E-state index contributed by atoms with van der Waals surface area (Å²) in [5.74, 6) is -6.54. The molecule has 12 nitrogen and oxygen atoms in total. The van der Waals surface area contributed by atoms with Crippen LogP contribution in [0.3, 0.4) is 0 Å². The van der Waals surface area contributed by atoms with Gasteiger partial charge in [-0.25, -0.2) is 0 Å². The van der Waals surface area contributed by atoms with Crippen LogP contribution in [0, 0.1) is 30.6 Å². The Kier molecular flexibility index (Phi) is 8.56. The number of rotatable bonds is 10. The predicted octanol–water partition coefficient (Wildman–Crippen LogP) is 4.57. The molecule has 12 heteroatoms. The highest BCUT2D eigenvalue weighted by atomic mass is 16.5. The Morgan fingerprint density at radius 3 is 2.22 bits per heavy atom. The molecule has 3 N–H and O–H groups in total. The lowest BCUT2D eigenvalue weighted by Gasteiger charge is -2.51. The van der Waals surface area contributed by atoms with Gasteiger partial charge in [0.25, 0.3) is 11.8 Å². The molecular formula is C39H39N3O9. The smallest absolute Gasteiger partial charge is 0.303 e. The van der Waals surface area contributed by atoms with Crippen LogP contribution in [-0.4, -0.2) is 70.5 Å². The number of phenolic OH excluding ortho intramolecular Hbond substituents is 1. The average Bonchev–Trinajstić information content (AvgIpc) is 3.49. The third-order valence-corrected chi connectivity index (χ3v) is 11.1. The lowest BCUT2D eigenvalue weighted by Crippen LogP contribution is -2.53. The van der Waals surface area contributed by atoms with Crippen molar-refractivity contribution in [2.75, 3.05) is 26.2 Å². The number of allylic oxidation sites excluding steroid dienone is 2. The van der Waals surface area contributed by atoms with Gasteiger partial charge in [-0.3, -0.25) is 34.3 Å². The molecule has 7 rings (SSSR count). The van der Waals surface area contributed by atoms with Crippen LogP contribution in [0.15, 0.2) is 78.4 Å². The van der Waals surface area contributed by atoms with E-state index in [0.717, 1.165) is 15.5 Å². The summed E-state index contributed by atoms with van der Waals surface area (Å²) < 4.78 is 11.7. The van der Waals surface area contributed by atoms with Crippen LogP contribution in [0.1, 0.15) is 48.3 Å². The van der Waals surface area contributed by atoms with Crippen LogP contribution in [-0.2, 0) is 29.4 Å². The number of aryl methyl sites for hydroxylation is 1. The van der Waals surface area contributed by atoms with E-state index in [4.69, 9.17) is 9.47 Å². The first-order valence-electron chi connectivity index (χ1n) is 17.0. The van der Waals surface area contributed by atoms with Gasteiger partial charge < -0.3 is 19.7 Å². The summed E-state index contributed by atoms with van der Waals surface area (Å²) in [6.07, 6.45) is 2.15. The summed E-state index contributed by atoms with van der Waals surface area (Å²) in [6.45, 7) is 1.91. The highest BCUT2D eigenvalue weighted by molar-refractivity contribution is 6.13. The maximum absolute atomic E-state index is 15.3. The van der Waals surface area contributed by atoms with E-state index in [9.17, 15) is 29.4 Å². The Labute approximate surface area is 294 Å². The van der Waals surface area contributed by atoms with E-state index >= 15 is 4.79 Å². The number of phenols is 1. The second-order valence-corrected chi connectivity index (χ2v) is 13.7. The number of carbonyl (C=O) groups is 5. The molecule has 0 aromatic heterocycles. The first-order valence-corrected chi connectivity index (χ1v) is 17.0. The van der Waals surface area contributed by atoms with E-state index in [1.807, 2.05) is 55.5 Å². The molecule has 4 aliphatic rings. The molecule has 2 aliphatic carbocycles. The Morgan fingerprint density at radius 1 is 0.922 bits per heavy atom. The molecule has 3 fully saturated rings. The molecule has 2 saturated heterocycles. The standard InChI is InChI=1S/C39H39N3O9/c1-21-11-13-23(14-12-21)40-42-36(47)28-20-27-25(15-16-26-32(27)37(48)41(35(26)46)17-7-10-31(44)45)34(33-29(50-2)18-24(43)19-30(33)51-3)39(28,38(42)49)22-8-5-4-6-9-22/h4-6,8-9,11-15,18-19,26-28,32,34,40,43H,7,10,16-17,20H2,1-3H3,(H,44,45)/t26-,27+,28-,32-,34+,39+/m0/s1. The zero-order valence-corrected chi connectivity index (χ0v) is 28.5. The van der Waals surface area contributed by atoms with E-state index in [0.29, 0.717) is 22.4 Å². The number of aromatic hydroxyl groups is 1. The number of fused-ring (bicyclic) bond motifs is 4. The van der Waals surface area contributed by atoms with Crippen molar-refractivity contribution in [2.45, 2.75) is 43.9 Å². The number of methoxy groups -OCH3 is 2. The molecule has 3 aromatic rings. The Balaban J connectivity index is 1.45. The van der Waals surface area contributed by atoms with Crippen molar-refractivity contribution in [3.63, 3.8) is 0 Å². The fraction of sp³-hybridized carbons (Fsp3) is 0.359. The highest BCUT2D eigenvalue weighted by Crippen LogP contribution is 2.66. The summed E-state index contributed by atoms with van der Waals surface area (Å²) >= 11 is 0. The van der Waals surface area contributed by atoms with Crippen molar-refractivity contribution in [1.82, 2.24) is 9.91 Å². The van der Waals surface area contributed by atoms with Gasteiger partial charge in [-0.05, 0) is 49.8 Å². The summed E-state index contributed by atoms with van der Waals surface area (Å²) in [7, 11) is 2.88. The number of nitrogens with one attached hydrogen (secondary N) is 1. The van der Waals surface area contributed by atoms with Gasteiger partial charge in [0.05, 0.1) is 43.1 Å². The number of carboxylic acids is 1. The van der Waals surface area contributed by atoms with Crippen LogP contribution in [0.4, 0.5) is 5.69 Å². The largest absolute Gasteiger partial charge is 0.508 e. The number of hydrazine groups is 1. The van der Waals surface area contributed by atoms with Crippen molar-refractivity contribution < 1.29 is 43.7 Å². The molecule has 3 aromatic carbocycles. The molecule has 0 radical (unpaired) electrons. The zero-order valence-electron chi connectivity index (χ0n) is 28.5. The molecule has 0 spiro atoms. The van der Waals surface area contributed by atoms with Crippen molar-refractivity contribution in [3.8, 4) is 17.2 Å². The monoisotopic (exact) mass is 693 g/mol. The number of carboxylic acid groups (broad SMARTS) is 1. The van der Waals surface area contributed by atoms with Gasteiger partial charge in [-0.1, -0.05) is 59.7 Å². The van der Waals surface area contributed by atoms with Gasteiger partial charge in [0.15, 0.2) is 0 Å². The molecule has 264 valence electrons. The van der Waals surface area contributed by atoms with E-state index in [1.165, 1.54) is 26.4 Å².